The van der Waals surface area contributed by atoms with Gasteiger partial charge in [-0.05, 0) is 55.3 Å². The second-order valence-electron chi connectivity index (χ2n) is 4.21. The Morgan fingerprint density at radius 3 is 2.39 bits per heavy atom. The van der Waals surface area contributed by atoms with Crippen molar-refractivity contribution in [2.45, 2.75) is 13.8 Å². The Hall–Kier alpha value is -2.03. The lowest BCUT2D eigenvalue weighted by molar-refractivity contribution is 0.101. The summed E-state index contributed by atoms with van der Waals surface area (Å²) in [4.78, 5) is 11.3. The first-order valence-corrected chi connectivity index (χ1v) is 5.56. The third-order valence-corrected chi connectivity index (χ3v) is 2.86. The van der Waals surface area contributed by atoms with Gasteiger partial charge in [0.25, 0.3) is 0 Å². The molecule has 0 unspecified atom stereocenters. The zero-order valence-electron chi connectivity index (χ0n) is 10.1. The third-order valence-electron chi connectivity index (χ3n) is 2.86. The van der Waals surface area contributed by atoms with Gasteiger partial charge < -0.3 is 0 Å². The Morgan fingerprint density at radius 1 is 1.00 bits per heavy atom. The molecule has 3 heteroatoms. The van der Waals surface area contributed by atoms with Crippen molar-refractivity contribution in [2.24, 2.45) is 0 Å². The molecule has 18 heavy (non-hydrogen) atoms. The highest BCUT2D eigenvalue weighted by Gasteiger charge is 2.11. The highest BCUT2D eigenvalue weighted by molar-refractivity contribution is 5.95. The maximum atomic E-state index is 13.8. The van der Waals surface area contributed by atoms with Gasteiger partial charge in [-0.25, -0.2) is 8.78 Å². The molecule has 0 aliphatic carbocycles. The highest BCUT2D eigenvalue weighted by Crippen LogP contribution is 2.28. The van der Waals surface area contributed by atoms with Crippen LogP contribution in [0, 0.1) is 18.6 Å². The number of ketones is 1. The molecule has 0 fully saturated rings. The largest absolute Gasteiger partial charge is 0.295 e. The molecule has 0 N–H and O–H groups in total. The predicted molar refractivity (Wildman–Crippen MR) is 66.5 cm³/mol. The minimum Gasteiger partial charge on any atom is -0.295 e. The number of carbonyl (C=O) groups excluding carboxylic acids is 1. The number of rotatable bonds is 2. The van der Waals surface area contributed by atoms with Crippen LogP contribution in [-0.4, -0.2) is 5.78 Å². The normalized spacial score (nSPS) is 10.4. The number of benzene rings is 2. The lowest BCUT2D eigenvalue weighted by Crippen LogP contribution is -1.96. The molecule has 1 nitrogen and oxygen atoms in total. The number of hydrogen-bond donors (Lipinski definition) is 0. The van der Waals surface area contributed by atoms with Crippen LogP contribution in [0.5, 0.6) is 0 Å². The Morgan fingerprint density at radius 2 is 1.72 bits per heavy atom. The van der Waals surface area contributed by atoms with Gasteiger partial charge in [0, 0.05) is 11.1 Å². The van der Waals surface area contributed by atoms with Gasteiger partial charge in [-0.15, -0.1) is 0 Å². The van der Waals surface area contributed by atoms with Crippen molar-refractivity contribution in [1.82, 2.24) is 0 Å². The first-order valence-electron chi connectivity index (χ1n) is 5.56. The predicted octanol–water partition coefficient (Wildman–Crippen LogP) is 4.14. The zero-order chi connectivity index (χ0) is 13.3. The summed E-state index contributed by atoms with van der Waals surface area (Å²) >= 11 is 0. The Bertz CT molecular complexity index is 618. The van der Waals surface area contributed by atoms with Crippen LogP contribution in [0.25, 0.3) is 11.1 Å². The van der Waals surface area contributed by atoms with Gasteiger partial charge in [-0.3, -0.25) is 4.79 Å². The molecular weight excluding hydrogens is 234 g/mol. The summed E-state index contributed by atoms with van der Waals surface area (Å²) in [5.74, 6) is -1.04. The summed E-state index contributed by atoms with van der Waals surface area (Å²) in [7, 11) is 0. The molecule has 0 aromatic heterocycles. The molecule has 2 aromatic rings. The van der Waals surface area contributed by atoms with Crippen LogP contribution >= 0.6 is 0 Å². The van der Waals surface area contributed by atoms with E-state index in [9.17, 15) is 13.6 Å². The molecule has 0 heterocycles. The van der Waals surface area contributed by atoms with Crippen LogP contribution in [0.3, 0.4) is 0 Å². The Kier molecular flexibility index (Phi) is 3.24. The lowest BCUT2D eigenvalue weighted by atomic mass is 9.97. The molecule has 0 amide bonds. The van der Waals surface area contributed by atoms with Crippen molar-refractivity contribution >= 4 is 5.78 Å². The SMILES string of the molecule is CC(=O)c1ccc(F)c(-c2cc(F)ccc2C)c1. The van der Waals surface area contributed by atoms with Gasteiger partial charge in [0.1, 0.15) is 11.6 Å². The molecule has 0 radical (unpaired) electrons. The van der Waals surface area contributed by atoms with Gasteiger partial charge in [0.2, 0.25) is 0 Å². The van der Waals surface area contributed by atoms with E-state index in [1.54, 1.807) is 13.0 Å². The second kappa shape index (κ2) is 4.69. The molecular formula is C15H12F2O. The van der Waals surface area contributed by atoms with Crippen molar-refractivity contribution in [3.63, 3.8) is 0 Å². The van der Waals surface area contributed by atoms with Gasteiger partial charge >= 0.3 is 0 Å². The van der Waals surface area contributed by atoms with Crippen molar-refractivity contribution in [2.75, 3.05) is 0 Å². The Labute approximate surface area is 104 Å². The van der Waals surface area contributed by atoms with Gasteiger partial charge in [0.05, 0.1) is 0 Å². The smallest absolute Gasteiger partial charge is 0.159 e. The maximum Gasteiger partial charge on any atom is 0.159 e. The number of aryl methyl sites for hydroxylation is 1. The van der Waals surface area contributed by atoms with Crippen LogP contribution in [0.1, 0.15) is 22.8 Å². The summed E-state index contributed by atoms with van der Waals surface area (Å²) in [6, 6.07) is 8.30. The van der Waals surface area contributed by atoms with Gasteiger partial charge in [0.15, 0.2) is 5.78 Å². The quantitative estimate of drug-likeness (QED) is 0.728. The summed E-state index contributed by atoms with van der Waals surface area (Å²) in [5.41, 5.74) is 1.89. The van der Waals surface area contributed by atoms with E-state index in [1.165, 1.54) is 37.3 Å². The highest BCUT2D eigenvalue weighted by atomic mass is 19.1. The summed E-state index contributed by atoms with van der Waals surface area (Å²) in [6.07, 6.45) is 0. The molecule has 0 aliphatic rings. The van der Waals surface area contributed by atoms with E-state index in [4.69, 9.17) is 0 Å². The second-order valence-corrected chi connectivity index (χ2v) is 4.21. The zero-order valence-corrected chi connectivity index (χ0v) is 10.1. The van der Waals surface area contributed by atoms with Crippen LogP contribution in [0.2, 0.25) is 0 Å². The van der Waals surface area contributed by atoms with E-state index in [2.05, 4.69) is 0 Å². The Balaban J connectivity index is 2.66. The fraction of sp³-hybridized carbons (Fsp3) is 0.133. The number of Topliss-reactive ketones (excluding diaryl/α,β-unsaturated/α-hetero) is 1. The molecule has 0 atom stereocenters. The average molecular weight is 246 g/mol. The fourth-order valence-corrected chi connectivity index (χ4v) is 1.84. The summed E-state index contributed by atoms with van der Waals surface area (Å²) in [5, 5.41) is 0. The van der Waals surface area contributed by atoms with E-state index in [1.807, 2.05) is 0 Å². The number of carbonyl (C=O) groups is 1. The van der Waals surface area contributed by atoms with Crippen molar-refractivity contribution in [3.05, 3.63) is 59.2 Å². The molecule has 2 aromatic carbocycles. The van der Waals surface area contributed by atoms with E-state index in [0.29, 0.717) is 11.1 Å². The van der Waals surface area contributed by atoms with Crippen LogP contribution in [0.4, 0.5) is 8.78 Å². The fourth-order valence-electron chi connectivity index (χ4n) is 1.84. The van der Waals surface area contributed by atoms with Crippen molar-refractivity contribution < 1.29 is 13.6 Å². The molecule has 0 spiro atoms. The van der Waals surface area contributed by atoms with E-state index >= 15 is 0 Å². The number of hydrogen-bond acceptors (Lipinski definition) is 1. The van der Waals surface area contributed by atoms with Crippen LogP contribution < -0.4 is 0 Å². The molecule has 2 rings (SSSR count). The maximum absolute atomic E-state index is 13.8. The summed E-state index contributed by atoms with van der Waals surface area (Å²) < 4.78 is 27.0. The molecule has 0 saturated carbocycles. The lowest BCUT2D eigenvalue weighted by Gasteiger charge is -2.09. The minimum absolute atomic E-state index is 0.148. The molecule has 0 bridgehead atoms. The van der Waals surface area contributed by atoms with E-state index in [-0.39, 0.29) is 11.3 Å². The van der Waals surface area contributed by atoms with Crippen molar-refractivity contribution in [1.29, 1.82) is 0 Å². The standard InChI is InChI=1S/C15H12F2O/c1-9-3-5-12(16)8-13(9)14-7-11(10(2)18)4-6-15(14)17/h3-8H,1-2H3. The molecule has 92 valence electrons. The van der Waals surface area contributed by atoms with Crippen LogP contribution in [0.15, 0.2) is 36.4 Å². The molecule has 0 aliphatic heterocycles. The third kappa shape index (κ3) is 2.30. The van der Waals surface area contributed by atoms with Gasteiger partial charge in [-0.1, -0.05) is 6.07 Å². The average Bonchev–Trinajstić information content (AvgIpc) is 2.33. The van der Waals surface area contributed by atoms with E-state index < -0.39 is 11.6 Å². The topological polar surface area (TPSA) is 17.1 Å². The summed E-state index contributed by atoms with van der Waals surface area (Å²) in [6.45, 7) is 3.18. The van der Waals surface area contributed by atoms with Crippen LogP contribution in [-0.2, 0) is 0 Å². The molecule has 0 saturated heterocycles. The minimum atomic E-state index is -0.464. The number of halogens is 2. The first-order chi connectivity index (χ1) is 8.49. The van der Waals surface area contributed by atoms with E-state index in [0.717, 1.165) is 5.56 Å². The first kappa shape index (κ1) is 12.4. The van der Waals surface area contributed by atoms with Crippen molar-refractivity contribution in [3.8, 4) is 11.1 Å². The monoisotopic (exact) mass is 246 g/mol. The van der Waals surface area contributed by atoms with Gasteiger partial charge in [-0.2, -0.15) is 0 Å².